The minimum Gasteiger partial charge on any atom is -0.316 e. The summed E-state index contributed by atoms with van der Waals surface area (Å²) in [5.74, 6) is 0.262. The van der Waals surface area contributed by atoms with Crippen LogP contribution in [0, 0.1) is 17.7 Å². The zero-order valence-corrected chi connectivity index (χ0v) is 15.1. The summed E-state index contributed by atoms with van der Waals surface area (Å²) in [6.07, 6.45) is 0. The summed E-state index contributed by atoms with van der Waals surface area (Å²) < 4.78 is 41.8. The van der Waals surface area contributed by atoms with E-state index in [4.69, 9.17) is 11.6 Å². The molecule has 2 fully saturated rings. The van der Waals surface area contributed by atoms with Crippen molar-refractivity contribution in [2.75, 3.05) is 33.2 Å². The highest BCUT2D eigenvalue weighted by Crippen LogP contribution is 2.30. The Morgan fingerprint density at radius 1 is 1.35 bits per heavy atom. The molecular weight excluding hydrogens is 364 g/mol. The second-order valence-corrected chi connectivity index (χ2v) is 8.40. The van der Waals surface area contributed by atoms with Crippen LogP contribution in [0.3, 0.4) is 0 Å². The van der Waals surface area contributed by atoms with E-state index < -0.39 is 16.0 Å². The van der Waals surface area contributed by atoms with Crippen LogP contribution in [0.2, 0.25) is 5.02 Å². The summed E-state index contributed by atoms with van der Waals surface area (Å²) in [6, 6.07) is 4.35. The molecule has 130 valence electrons. The second kappa shape index (κ2) is 7.21. The molecule has 9 heteroatoms. The molecule has 0 unspecified atom stereocenters. The highest BCUT2D eigenvalue weighted by molar-refractivity contribution is 7.86. The fourth-order valence-electron chi connectivity index (χ4n) is 3.19. The molecule has 1 aromatic rings. The first-order valence-electron chi connectivity index (χ1n) is 7.24. The highest BCUT2D eigenvalue weighted by atomic mass is 35.5. The van der Waals surface area contributed by atoms with Gasteiger partial charge < -0.3 is 5.32 Å². The SMILES string of the molecule is CN(Cc1c(F)cccc1Cl)S(=O)(=O)N1C[C@H]2CNC[C@H]2C1.Cl. The van der Waals surface area contributed by atoms with E-state index in [2.05, 4.69) is 5.32 Å². The third-order valence-electron chi connectivity index (χ3n) is 4.52. The summed E-state index contributed by atoms with van der Waals surface area (Å²) in [5, 5.41) is 3.52. The highest BCUT2D eigenvalue weighted by Gasteiger charge is 2.42. The summed E-state index contributed by atoms with van der Waals surface area (Å²) in [6.45, 7) is 2.70. The molecule has 0 saturated carbocycles. The van der Waals surface area contributed by atoms with Crippen LogP contribution in [0.5, 0.6) is 0 Å². The van der Waals surface area contributed by atoms with Crippen molar-refractivity contribution in [3.8, 4) is 0 Å². The van der Waals surface area contributed by atoms with Crippen molar-refractivity contribution >= 4 is 34.2 Å². The number of nitrogens with zero attached hydrogens (tertiary/aromatic N) is 2. The quantitative estimate of drug-likeness (QED) is 0.861. The van der Waals surface area contributed by atoms with Crippen LogP contribution in [-0.4, -0.2) is 50.3 Å². The Morgan fingerprint density at radius 3 is 2.52 bits per heavy atom. The van der Waals surface area contributed by atoms with Gasteiger partial charge in [0.1, 0.15) is 5.82 Å². The zero-order chi connectivity index (χ0) is 15.9. The molecule has 2 saturated heterocycles. The largest absolute Gasteiger partial charge is 0.316 e. The first-order chi connectivity index (χ1) is 10.4. The maximum absolute atomic E-state index is 13.8. The molecule has 0 radical (unpaired) electrons. The Kier molecular flexibility index (Phi) is 5.92. The van der Waals surface area contributed by atoms with E-state index >= 15 is 0 Å². The van der Waals surface area contributed by atoms with Gasteiger partial charge in [0.2, 0.25) is 0 Å². The second-order valence-electron chi connectivity index (χ2n) is 5.96. The number of benzene rings is 1. The lowest BCUT2D eigenvalue weighted by Gasteiger charge is -2.25. The van der Waals surface area contributed by atoms with Gasteiger partial charge in [-0.3, -0.25) is 0 Å². The molecule has 2 aliphatic heterocycles. The van der Waals surface area contributed by atoms with Crippen molar-refractivity contribution in [3.63, 3.8) is 0 Å². The van der Waals surface area contributed by atoms with Gasteiger partial charge in [-0.25, -0.2) is 4.39 Å². The molecule has 0 bridgehead atoms. The lowest BCUT2D eigenvalue weighted by Crippen LogP contribution is -2.41. The molecule has 2 atom stereocenters. The van der Waals surface area contributed by atoms with E-state index in [0.717, 1.165) is 13.1 Å². The van der Waals surface area contributed by atoms with Gasteiger partial charge in [-0.2, -0.15) is 17.0 Å². The first-order valence-corrected chi connectivity index (χ1v) is 9.02. The van der Waals surface area contributed by atoms with Gasteiger partial charge in [0.05, 0.1) is 0 Å². The Balaban J connectivity index is 0.00000192. The van der Waals surface area contributed by atoms with Gasteiger partial charge in [0.25, 0.3) is 10.2 Å². The molecule has 0 spiro atoms. The molecule has 0 aliphatic carbocycles. The maximum Gasteiger partial charge on any atom is 0.282 e. The molecule has 3 rings (SSSR count). The van der Waals surface area contributed by atoms with E-state index in [1.807, 2.05) is 0 Å². The first kappa shape index (κ1) is 18.9. The lowest BCUT2D eigenvalue weighted by molar-refractivity contribution is 0.375. The molecule has 1 N–H and O–H groups in total. The van der Waals surface area contributed by atoms with Crippen LogP contribution in [0.1, 0.15) is 5.56 Å². The Bertz CT molecular complexity index is 642. The molecule has 0 amide bonds. The Morgan fingerprint density at radius 2 is 1.96 bits per heavy atom. The summed E-state index contributed by atoms with van der Waals surface area (Å²) >= 11 is 5.98. The molecule has 5 nitrogen and oxygen atoms in total. The van der Waals surface area contributed by atoms with Gasteiger partial charge in [-0.05, 0) is 37.1 Å². The summed E-state index contributed by atoms with van der Waals surface area (Å²) in [5.41, 5.74) is 0.205. The topological polar surface area (TPSA) is 52.7 Å². The van der Waals surface area contributed by atoms with Crippen LogP contribution < -0.4 is 5.32 Å². The van der Waals surface area contributed by atoms with Crippen molar-refractivity contribution in [1.82, 2.24) is 13.9 Å². The number of fused-ring (bicyclic) bond motifs is 1. The maximum atomic E-state index is 13.8. The average molecular weight is 384 g/mol. The van der Waals surface area contributed by atoms with Gasteiger partial charge in [-0.15, -0.1) is 12.4 Å². The van der Waals surface area contributed by atoms with Crippen LogP contribution in [0.4, 0.5) is 4.39 Å². The summed E-state index contributed by atoms with van der Waals surface area (Å²) in [7, 11) is -2.14. The van der Waals surface area contributed by atoms with E-state index in [1.165, 1.54) is 27.8 Å². The normalized spacial score (nSPS) is 24.7. The molecule has 1 aromatic carbocycles. The third kappa shape index (κ3) is 3.65. The molecule has 2 heterocycles. The molecule has 2 aliphatic rings. The van der Waals surface area contributed by atoms with Gasteiger partial charge in [-0.1, -0.05) is 17.7 Å². The van der Waals surface area contributed by atoms with Crippen molar-refractivity contribution in [2.45, 2.75) is 6.54 Å². The fraction of sp³-hybridized carbons (Fsp3) is 0.571. The zero-order valence-electron chi connectivity index (χ0n) is 12.7. The molecule has 0 aromatic heterocycles. The minimum absolute atomic E-state index is 0. The van der Waals surface area contributed by atoms with Gasteiger partial charge in [0.15, 0.2) is 0 Å². The number of hydrogen-bond acceptors (Lipinski definition) is 3. The third-order valence-corrected chi connectivity index (χ3v) is 6.74. The van der Waals surface area contributed by atoms with Crippen molar-refractivity contribution in [2.24, 2.45) is 11.8 Å². The van der Waals surface area contributed by atoms with Crippen molar-refractivity contribution in [3.05, 3.63) is 34.6 Å². The van der Waals surface area contributed by atoms with E-state index in [9.17, 15) is 12.8 Å². The standard InChI is InChI=1S/C14H19ClFN3O2S.ClH/c1-18(9-12-13(15)3-2-4-14(12)16)22(20,21)19-7-10-5-17-6-11(10)8-19;/h2-4,10-11,17H,5-9H2,1H3;1H/t10-,11+;. The van der Waals surface area contributed by atoms with E-state index in [1.54, 1.807) is 6.07 Å². The smallest absolute Gasteiger partial charge is 0.282 e. The average Bonchev–Trinajstić information content (AvgIpc) is 3.04. The number of hydrogen-bond donors (Lipinski definition) is 1. The van der Waals surface area contributed by atoms with Crippen LogP contribution >= 0.6 is 24.0 Å². The van der Waals surface area contributed by atoms with Gasteiger partial charge >= 0.3 is 0 Å². The van der Waals surface area contributed by atoms with Crippen LogP contribution in [0.15, 0.2) is 18.2 Å². The van der Waals surface area contributed by atoms with E-state index in [0.29, 0.717) is 24.9 Å². The molecular formula is C14H20Cl2FN3O2S. The predicted octanol–water partition coefficient (Wildman–Crippen LogP) is 1.73. The number of nitrogens with one attached hydrogen (secondary N) is 1. The van der Waals surface area contributed by atoms with Crippen molar-refractivity contribution in [1.29, 1.82) is 0 Å². The minimum atomic E-state index is -3.60. The predicted molar refractivity (Wildman–Crippen MR) is 90.5 cm³/mol. The van der Waals surface area contributed by atoms with Crippen molar-refractivity contribution < 1.29 is 12.8 Å². The fourth-order valence-corrected chi connectivity index (χ4v) is 4.85. The lowest BCUT2D eigenvalue weighted by atomic mass is 10.0. The van der Waals surface area contributed by atoms with Crippen LogP contribution in [-0.2, 0) is 16.8 Å². The summed E-state index contributed by atoms with van der Waals surface area (Å²) in [4.78, 5) is 0. The van der Waals surface area contributed by atoms with Gasteiger partial charge in [0, 0.05) is 37.3 Å². The number of rotatable bonds is 4. The van der Waals surface area contributed by atoms with E-state index in [-0.39, 0.29) is 29.5 Å². The monoisotopic (exact) mass is 383 g/mol. The number of halogens is 3. The Labute approximate surface area is 147 Å². The Hall–Kier alpha value is -0.440. The molecule has 23 heavy (non-hydrogen) atoms. The van der Waals surface area contributed by atoms with Crippen LogP contribution in [0.25, 0.3) is 0 Å².